The van der Waals surface area contributed by atoms with Crippen LogP contribution in [-0.2, 0) is 9.84 Å². The molecule has 0 aliphatic rings. The number of rotatable bonds is 2. The van der Waals surface area contributed by atoms with Crippen LogP contribution in [0.1, 0.15) is 0 Å². The van der Waals surface area contributed by atoms with Crippen LogP contribution in [0.25, 0.3) is 22.1 Å². The van der Waals surface area contributed by atoms with Gasteiger partial charge in [-0.2, -0.15) is 0 Å². The molecule has 20 heavy (non-hydrogen) atoms. The van der Waals surface area contributed by atoms with Crippen molar-refractivity contribution in [2.24, 2.45) is 0 Å². The summed E-state index contributed by atoms with van der Waals surface area (Å²) >= 11 is 0. The van der Waals surface area contributed by atoms with E-state index in [0.717, 1.165) is 10.9 Å². The van der Waals surface area contributed by atoms with Crippen LogP contribution in [-0.4, -0.2) is 14.7 Å². The van der Waals surface area contributed by atoms with Gasteiger partial charge in [0.15, 0.2) is 9.84 Å². The Bertz CT molecular complexity index is 894. The quantitative estimate of drug-likeness (QED) is 0.735. The van der Waals surface area contributed by atoms with Crippen LogP contribution >= 0.6 is 0 Å². The first-order chi connectivity index (χ1) is 9.47. The van der Waals surface area contributed by atoms with E-state index in [1.165, 1.54) is 12.3 Å². The van der Waals surface area contributed by atoms with Gasteiger partial charge >= 0.3 is 0 Å². The Kier molecular flexibility index (Phi) is 2.79. The number of sulfone groups is 1. The third kappa shape index (κ3) is 2.06. The molecule has 0 unspecified atom stereocenters. The molecule has 0 fully saturated rings. The molecule has 5 heteroatoms. The third-order valence-corrected chi connectivity index (χ3v) is 4.33. The van der Waals surface area contributed by atoms with E-state index in [4.69, 9.17) is 10.2 Å². The second kappa shape index (κ2) is 4.38. The molecule has 102 valence electrons. The van der Waals surface area contributed by atoms with Crippen LogP contribution in [0.15, 0.2) is 58.0 Å². The van der Waals surface area contributed by atoms with Gasteiger partial charge in [-0.1, -0.05) is 18.2 Å². The van der Waals surface area contributed by atoms with Crippen LogP contribution in [0.4, 0.5) is 5.69 Å². The van der Waals surface area contributed by atoms with Crippen molar-refractivity contribution in [2.75, 3.05) is 12.0 Å². The highest BCUT2D eigenvalue weighted by atomic mass is 32.2. The van der Waals surface area contributed by atoms with E-state index >= 15 is 0 Å². The number of fused-ring (bicyclic) bond motifs is 1. The monoisotopic (exact) mass is 287 g/mol. The van der Waals surface area contributed by atoms with E-state index in [-0.39, 0.29) is 4.90 Å². The molecule has 3 rings (SSSR count). The number of hydrogen-bond acceptors (Lipinski definition) is 4. The van der Waals surface area contributed by atoms with Crippen molar-refractivity contribution in [1.29, 1.82) is 0 Å². The minimum atomic E-state index is -3.28. The molecule has 0 saturated carbocycles. The predicted octanol–water partition coefficient (Wildman–Crippen LogP) is 3.09. The predicted molar refractivity (Wildman–Crippen MR) is 79.2 cm³/mol. The van der Waals surface area contributed by atoms with Crippen LogP contribution in [0.5, 0.6) is 0 Å². The normalized spacial score (nSPS) is 11.8. The second-order valence-electron chi connectivity index (χ2n) is 4.67. The van der Waals surface area contributed by atoms with Gasteiger partial charge < -0.3 is 10.2 Å². The molecule has 0 atom stereocenters. The summed E-state index contributed by atoms with van der Waals surface area (Å²) in [6, 6.07) is 12.2. The number of furan rings is 1. The SMILES string of the molecule is CS(=O)(=O)c1ccc(N)c(-c2cccc3ccoc23)c1. The number of hydrogen-bond donors (Lipinski definition) is 1. The average Bonchev–Trinajstić information content (AvgIpc) is 2.86. The van der Waals surface area contributed by atoms with Crippen molar-refractivity contribution in [3.63, 3.8) is 0 Å². The summed E-state index contributed by atoms with van der Waals surface area (Å²) in [4.78, 5) is 0.241. The minimum absolute atomic E-state index is 0.241. The van der Waals surface area contributed by atoms with Crippen molar-refractivity contribution in [3.8, 4) is 11.1 Å². The Morgan fingerprint density at radius 3 is 2.60 bits per heavy atom. The standard InChI is InChI=1S/C15H13NO3S/c1-20(17,18)11-5-6-14(16)13(9-11)12-4-2-3-10-7-8-19-15(10)12/h2-9H,16H2,1H3. The fourth-order valence-corrected chi connectivity index (χ4v) is 2.85. The lowest BCUT2D eigenvalue weighted by molar-refractivity contribution is 0.602. The lowest BCUT2D eigenvalue weighted by Crippen LogP contribution is -1.99. The fraction of sp³-hybridized carbons (Fsp3) is 0.0667. The van der Waals surface area contributed by atoms with E-state index in [9.17, 15) is 8.42 Å². The Hall–Kier alpha value is -2.27. The molecular weight excluding hydrogens is 274 g/mol. The van der Waals surface area contributed by atoms with Crippen molar-refractivity contribution < 1.29 is 12.8 Å². The molecule has 0 bridgehead atoms. The second-order valence-corrected chi connectivity index (χ2v) is 6.68. The van der Waals surface area contributed by atoms with Gasteiger partial charge in [0, 0.05) is 28.5 Å². The molecule has 3 aromatic rings. The first-order valence-electron chi connectivity index (χ1n) is 6.03. The first kappa shape index (κ1) is 12.7. The van der Waals surface area contributed by atoms with Crippen LogP contribution in [0, 0.1) is 0 Å². The molecule has 2 aromatic carbocycles. The molecule has 4 nitrogen and oxygen atoms in total. The Morgan fingerprint density at radius 1 is 1.05 bits per heavy atom. The maximum atomic E-state index is 11.7. The molecule has 1 heterocycles. The van der Waals surface area contributed by atoms with Crippen molar-refractivity contribution >= 4 is 26.5 Å². The summed E-state index contributed by atoms with van der Waals surface area (Å²) in [5.74, 6) is 0. The smallest absolute Gasteiger partial charge is 0.175 e. The van der Waals surface area contributed by atoms with Crippen molar-refractivity contribution in [3.05, 3.63) is 48.7 Å². The molecular formula is C15H13NO3S. The van der Waals surface area contributed by atoms with E-state index in [1.807, 2.05) is 24.3 Å². The Morgan fingerprint density at radius 2 is 1.85 bits per heavy atom. The Labute approximate surface area is 116 Å². The molecule has 2 N–H and O–H groups in total. The summed E-state index contributed by atoms with van der Waals surface area (Å²) in [6.45, 7) is 0. The van der Waals surface area contributed by atoms with E-state index in [1.54, 1.807) is 18.4 Å². The maximum absolute atomic E-state index is 11.7. The highest BCUT2D eigenvalue weighted by Crippen LogP contribution is 2.34. The molecule has 0 spiro atoms. The van der Waals surface area contributed by atoms with Gasteiger partial charge in [0.1, 0.15) is 5.58 Å². The summed E-state index contributed by atoms with van der Waals surface area (Å²) in [7, 11) is -3.28. The van der Waals surface area contributed by atoms with Crippen LogP contribution in [0.2, 0.25) is 0 Å². The zero-order chi connectivity index (χ0) is 14.3. The number of anilines is 1. The van der Waals surface area contributed by atoms with E-state index < -0.39 is 9.84 Å². The molecule has 0 radical (unpaired) electrons. The van der Waals surface area contributed by atoms with Gasteiger partial charge in [-0.15, -0.1) is 0 Å². The highest BCUT2D eigenvalue weighted by Gasteiger charge is 2.14. The largest absolute Gasteiger partial charge is 0.464 e. The van der Waals surface area contributed by atoms with Crippen LogP contribution < -0.4 is 5.73 Å². The molecule has 0 amide bonds. The average molecular weight is 287 g/mol. The zero-order valence-electron chi connectivity index (χ0n) is 10.8. The summed E-state index contributed by atoms with van der Waals surface area (Å²) in [5, 5.41) is 0.951. The lowest BCUT2D eigenvalue weighted by atomic mass is 10.0. The maximum Gasteiger partial charge on any atom is 0.175 e. The van der Waals surface area contributed by atoms with Gasteiger partial charge in [0.05, 0.1) is 11.2 Å². The summed E-state index contributed by atoms with van der Waals surface area (Å²) < 4.78 is 28.8. The van der Waals surface area contributed by atoms with Crippen molar-refractivity contribution in [1.82, 2.24) is 0 Å². The van der Waals surface area contributed by atoms with Crippen molar-refractivity contribution in [2.45, 2.75) is 4.90 Å². The van der Waals surface area contributed by atoms with E-state index in [2.05, 4.69) is 0 Å². The summed E-state index contributed by atoms with van der Waals surface area (Å²) in [5.41, 5.74) is 8.65. The van der Waals surface area contributed by atoms with Gasteiger partial charge in [-0.3, -0.25) is 0 Å². The molecule has 0 saturated heterocycles. The van der Waals surface area contributed by atoms with Gasteiger partial charge in [-0.25, -0.2) is 8.42 Å². The minimum Gasteiger partial charge on any atom is -0.464 e. The van der Waals surface area contributed by atoms with Gasteiger partial charge in [0.2, 0.25) is 0 Å². The van der Waals surface area contributed by atoms with Gasteiger partial charge in [-0.05, 0) is 24.3 Å². The number of benzene rings is 2. The Balaban J connectivity index is 2.31. The molecule has 1 aromatic heterocycles. The zero-order valence-corrected chi connectivity index (χ0v) is 11.6. The first-order valence-corrected chi connectivity index (χ1v) is 7.92. The number of nitrogens with two attached hydrogens (primary N) is 1. The topological polar surface area (TPSA) is 73.3 Å². The fourth-order valence-electron chi connectivity index (χ4n) is 2.20. The lowest BCUT2D eigenvalue weighted by Gasteiger charge is -2.08. The highest BCUT2D eigenvalue weighted by molar-refractivity contribution is 7.90. The third-order valence-electron chi connectivity index (χ3n) is 3.22. The van der Waals surface area contributed by atoms with Gasteiger partial charge in [0.25, 0.3) is 0 Å². The number of nitrogen functional groups attached to an aromatic ring is 1. The molecule has 0 aliphatic heterocycles. The summed E-state index contributed by atoms with van der Waals surface area (Å²) in [6.07, 6.45) is 2.78. The van der Waals surface area contributed by atoms with E-state index in [0.29, 0.717) is 16.8 Å². The molecule has 0 aliphatic carbocycles. The van der Waals surface area contributed by atoms with Crippen LogP contribution in [0.3, 0.4) is 0 Å². The number of para-hydroxylation sites is 1.